The summed E-state index contributed by atoms with van der Waals surface area (Å²) in [5.41, 5.74) is 1.45. The average molecular weight is 275 g/mol. The molecule has 1 saturated carbocycles. The van der Waals surface area contributed by atoms with Crippen LogP contribution in [0.1, 0.15) is 56.4 Å². The molecular weight excluding hydrogens is 250 g/mol. The zero-order valence-corrected chi connectivity index (χ0v) is 12.5. The van der Waals surface area contributed by atoms with Crippen LogP contribution in [0.25, 0.3) is 0 Å². The molecule has 2 unspecified atom stereocenters. The van der Waals surface area contributed by atoms with E-state index in [-0.39, 0.29) is 5.91 Å². The maximum absolute atomic E-state index is 12.3. The number of rotatable bonds is 4. The van der Waals surface area contributed by atoms with E-state index in [1.54, 1.807) is 6.20 Å². The summed E-state index contributed by atoms with van der Waals surface area (Å²) in [6.45, 7) is 5.17. The lowest BCUT2D eigenvalue weighted by atomic mass is 10.0. The molecule has 2 N–H and O–H groups in total. The van der Waals surface area contributed by atoms with E-state index in [4.69, 9.17) is 0 Å². The van der Waals surface area contributed by atoms with Gasteiger partial charge in [0.15, 0.2) is 0 Å². The van der Waals surface area contributed by atoms with Gasteiger partial charge in [0.05, 0.1) is 0 Å². The van der Waals surface area contributed by atoms with Gasteiger partial charge < -0.3 is 10.6 Å². The highest BCUT2D eigenvalue weighted by Crippen LogP contribution is 2.22. The highest BCUT2D eigenvalue weighted by atomic mass is 16.1. The van der Waals surface area contributed by atoms with E-state index >= 15 is 0 Å². The molecule has 1 aliphatic carbocycles. The van der Waals surface area contributed by atoms with Gasteiger partial charge in [-0.25, -0.2) is 0 Å². The summed E-state index contributed by atoms with van der Waals surface area (Å²) in [7, 11) is 0. The van der Waals surface area contributed by atoms with Crippen LogP contribution in [0.3, 0.4) is 0 Å². The topological polar surface area (TPSA) is 54.0 Å². The van der Waals surface area contributed by atoms with Gasteiger partial charge in [0, 0.05) is 24.5 Å². The molecule has 1 aromatic rings. The number of nitrogens with zero attached hydrogens (tertiary/aromatic N) is 1. The zero-order valence-electron chi connectivity index (χ0n) is 12.5. The summed E-state index contributed by atoms with van der Waals surface area (Å²) in [5, 5.41) is 6.34. The lowest BCUT2D eigenvalue weighted by Gasteiger charge is -2.16. The minimum absolute atomic E-state index is 0.0516. The number of carbonyl (C=O) groups is 1. The Morgan fingerprint density at radius 1 is 1.35 bits per heavy atom. The van der Waals surface area contributed by atoms with Crippen molar-refractivity contribution in [2.45, 2.75) is 52.0 Å². The third kappa shape index (κ3) is 4.22. The van der Waals surface area contributed by atoms with Crippen LogP contribution in [0.4, 0.5) is 5.69 Å². The molecule has 4 heteroatoms. The number of anilines is 1. The van der Waals surface area contributed by atoms with E-state index in [9.17, 15) is 4.79 Å². The largest absolute Gasteiger partial charge is 0.385 e. The van der Waals surface area contributed by atoms with Gasteiger partial charge in [0.2, 0.25) is 0 Å². The van der Waals surface area contributed by atoms with E-state index in [0.29, 0.717) is 11.7 Å². The average Bonchev–Trinajstić information content (AvgIpc) is 2.64. The van der Waals surface area contributed by atoms with Crippen LogP contribution in [-0.4, -0.2) is 23.5 Å². The fraction of sp³-hybridized carbons (Fsp3) is 0.625. The van der Waals surface area contributed by atoms with Crippen molar-refractivity contribution in [3.63, 3.8) is 0 Å². The summed E-state index contributed by atoms with van der Waals surface area (Å²) >= 11 is 0. The summed E-state index contributed by atoms with van der Waals surface area (Å²) in [6, 6.07) is 4.00. The van der Waals surface area contributed by atoms with Crippen molar-refractivity contribution in [3.05, 3.63) is 24.0 Å². The molecule has 0 aromatic carbocycles. The minimum atomic E-state index is -0.0516. The van der Waals surface area contributed by atoms with Crippen LogP contribution >= 0.6 is 0 Å². The molecule has 1 aromatic heterocycles. The molecule has 0 saturated heterocycles. The highest BCUT2D eigenvalue weighted by Gasteiger charge is 2.19. The van der Waals surface area contributed by atoms with E-state index in [2.05, 4.69) is 22.5 Å². The Bertz CT molecular complexity index is 447. The second-order valence-electron chi connectivity index (χ2n) is 5.74. The molecule has 20 heavy (non-hydrogen) atoms. The molecule has 0 bridgehead atoms. The van der Waals surface area contributed by atoms with Crippen molar-refractivity contribution in [2.75, 3.05) is 11.9 Å². The molecule has 1 heterocycles. The Kier molecular flexibility index (Phi) is 5.39. The number of hydrogen-bond acceptors (Lipinski definition) is 3. The van der Waals surface area contributed by atoms with Crippen LogP contribution in [-0.2, 0) is 0 Å². The van der Waals surface area contributed by atoms with Crippen LogP contribution < -0.4 is 10.6 Å². The molecule has 0 spiro atoms. The number of amides is 1. The van der Waals surface area contributed by atoms with Crippen LogP contribution in [0.15, 0.2) is 18.3 Å². The van der Waals surface area contributed by atoms with Crippen molar-refractivity contribution in [2.24, 2.45) is 5.92 Å². The van der Waals surface area contributed by atoms with E-state index in [1.807, 2.05) is 19.1 Å². The van der Waals surface area contributed by atoms with E-state index < -0.39 is 0 Å². The number of nitrogens with one attached hydrogen (secondary N) is 2. The number of carbonyl (C=O) groups excluding carboxylic acids is 1. The predicted molar refractivity (Wildman–Crippen MR) is 81.9 cm³/mol. The van der Waals surface area contributed by atoms with Gasteiger partial charge in [-0.15, -0.1) is 0 Å². The smallest absolute Gasteiger partial charge is 0.270 e. The van der Waals surface area contributed by atoms with E-state index in [1.165, 1.54) is 19.3 Å². The van der Waals surface area contributed by atoms with Crippen molar-refractivity contribution in [3.8, 4) is 0 Å². The first kappa shape index (κ1) is 14.8. The molecule has 0 aliphatic heterocycles. The van der Waals surface area contributed by atoms with Crippen LogP contribution in [0, 0.1) is 5.92 Å². The Balaban J connectivity index is 1.95. The second-order valence-corrected chi connectivity index (χ2v) is 5.74. The molecule has 1 fully saturated rings. The Morgan fingerprint density at radius 3 is 3.00 bits per heavy atom. The molecule has 2 rings (SSSR count). The van der Waals surface area contributed by atoms with Gasteiger partial charge in [-0.2, -0.15) is 0 Å². The first-order valence-electron chi connectivity index (χ1n) is 7.69. The number of aromatic nitrogens is 1. The fourth-order valence-electron chi connectivity index (χ4n) is 2.76. The first-order valence-corrected chi connectivity index (χ1v) is 7.69. The molecule has 1 aliphatic rings. The summed E-state index contributed by atoms with van der Waals surface area (Å²) in [4.78, 5) is 16.4. The molecule has 2 atom stereocenters. The van der Waals surface area contributed by atoms with Crippen LogP contribution in [0.5, 0.6) is 0 Å². The lowest BCUT2D eigenvalue weighted by molar-refractivity contribution is 0.0928. The molecule has 0 radical (unpaired) electrons. The molecule has 1 amide bonds. The SMILES string of the molecule is CCNc1ccnc(C(=O)NC2CCCC(C)CC2)c1. The van der Waals surface area contributed by atoms with Crippen LogP contribution in [0.2, 0.25) is 0 Å². The Hall–Kier alpha value is -1.58. The fourth-order valence-corrected chi connectivity index (χ4v) is 2.76. The molecule has 4 nitrogen and oxygen atoms in total. The van der Waals surface area contributed by atoms with Crippen molar-refractivity contribution < 1.29 is 4.79 Å². The molecule has 110 valence electrons. The zero-order chi connectivity index (χ0) is 14.4. The standard InChI is InChI=1S/C16H25N3O/c1-3-17-14-9-10-18-15(11-14)16(20)19-13-6-4-5-12(2)7-8-13/h9-13H,3-8H2,1-2H3,(H,17,18)(H,19,20). The van der Waals surface area contributed by atoms with Crippen molar-refractivity contribution >= 4 is 11.6 Å². The van der Waals surface area contributed by atoms with Gasteiger partial charge >= 0.3 is 0 Å². The maximum Gasteiger partial charge on any atom is 0.270 e. The Morgan fingerprint density at radius 2 is 2.20 bits per heavy atom. The van der Waals surface area contributed by atoms with Gasteiger partial charge in [0.25, 0.3) is 5.91 Å². The second kappa shape index (κ2) is 7.27. The number of pyridine rings is 1. The van der Waals surface area contributed by atoms with Crippen molar-refractivity contribution in [1.82, 2.24) is 10.3 Å². The van der Waals surface area contributed by atoms with Gasteiger partial charge in [0.1, 0.15) is 5.69 Å². The third-order valence-electron chi connectivity index (χ3n) is 3.97. The Labute approximate surface area is 121 Å². The van der Waals surface area contributed by atoms with Gasteiger partial charge in [-0.3, -0.25) is 9.78 Å². The normalized spacial score (nSPS) is 22.9. The predicted octanol–water partition coefficient (Wildman–Crippen LogP) is 3.21. The van der Waals surface area contributed by atoms with E-state index in [0.717, 1.165) is 31.0 Å². The van der Waals surface area contributed by atoms with Gasteiger partial charge in [-0.05, 0) is 44.2 Å². The maximum atomic E-state index is 12.3. The van der Waals surface area contributed by atoms with Crippen molar-refractivity contribution in [1.29, 1.82) is 0 Å². The first-order chi connectivity index (χ1) is 9.69. The third-order valence-corrected chi connectivity index (χ3v) is 3.97. The monoisotopic (exact) mass is 275 g/mol. The van der Waals surface area contributed by atoms with Gasteiger partial charge in [-0.1, -0.05) is 19.8 Å². The summed E-state index contributed by atoms with van der Waals surface area (Å²) in [5.74, 6) is 0.733. The quantitative estimate of drug-likeness (QED) is 0.830. The number of hydrogen-bond donors (Lipinski definition) is 2. The lowest BCUT2D eigenvalue weighted by Crippen LogP contribution is -2.35. The highest BCUT2D eigenvalue weighted by molar-refractivity contribution is 5.93. The molecular formula is C16H25N3O. The summed E-state index contributed by atoms with van der Waals surface area (Å²) < 4.78 is 0. The summed E-state index contributed by atoms with van der Waals surface area (Å²) in [6.07, 6.45) is 7.54. The minimum Gasteiger partial charge on any atom is -0.385 e.